The van der Waals surface area contributed by atoms with E-state index in [0.717, 1.165) is 30.8 Å². The number of furan rings is 1. The Hall–Kier alpha value is -1.39. The molecule has 8 atom stereocenters. The van der Waals surface area contributed by atoms with Gasteiger partial charge in [-0.2, -0.15) is 0 Å². The predicted octanol–water partition coefficient (Wildman–Crippen LogP) is 4.15. The Morgan fingerprint density at radius 2 is 1.93 bits per heavy atom. The molecule has 1 heterocycles. The minimum absolute atomic E-state index is 0.0669. The molecule has 152 valence electrons. The van der Waals surface area contributed by atoms with Crippen LogP contribution in [0.25, 0.3) is 0 Å². The highest BCUT2D eigenvalue weighted by atomic mass is 16.3. The van der Waals surface area contributed by atoms with Crippen LogP contribution in [0.1, 0.15) is 69.8 Å². The quantitative estimate of drug-likeness (QED) is 0.714. The Morgan fingerprint density at radius 3 is 2.64 bits per heavy atom. The number of carbonyl (C=O) groups is 1. The first-order chi connectivity index (χ1) is 13.2. The van der Waals surface area contributed by atoms with Gasteiger partial charge in [-0.05, 0) is 74.3 Å². The number of aryl methyl sites for hydroxylation is 1. The van der Waals surface area contributed by atoms with Gasteiger partial charge in [0.25, 0.3) is 0 Å². The summed E-state index contributed by atoms with van der Waals surface area (Å²) in [5.74, 6) is 2.82. The maximum absolute atomic E-state index is 12.8. The molecule has 0 spiro atoms. The molecular formula is C24H32O4. The molecule has 1 aromatic rings. The smallest absolute Gasteiger partial charge is 0.139 e. The fourth-order valence-electron chi connectivity index (χ4n) is 7.46. The second-order valence-corrected chi connectivity index (χ2v) is 10.3. The van der Waals surface area contributed by atoms with E-state index in [9.17, 15) is 15.0 Å². The molecule has 2 N–H and O–H groups in total. The van der Waals surface area contributed by atoms with E-state index in [2.05, 4.69) is 26.0 Å². The van der Waals surface area contributed by atoms with Gasteiger partial charge in [-0.1, -0.05) is 25.5 Å². The number of fused-ring (bicyclic) bond motifs is 5. The third-order valence-electron chi connectivity index (χ3n) is 8.87. The SMILES string of the molecule is Cc1ccc([C@@H]2C=C3C[C@@H](O)CC[C@]3(C)[C@@H]3[C@@H]2C2CCC(=O)[C@@]2(C)C[C@H]3O)o1. The maximum Gasteiger partial charge on any atom is 0.139 e. The lowest BCUT2D eigenvalue weighted by Gasteiger charge is -2.60. The van der Waals surface area contributed by atoms with Crippen LogP contribution >= 0.6 is 0 Å². The van der Waals surface area contributed by atoms with Gasteiger partial charge in [0.2, 0.25) is 0 Å². The number of Topliss-reactive ketones (excluding diaryl/α,β-unsaturated/α-hetero) is 1. The molecule has 0 aliphatic heterocycles. The normalized spacial score (nSPS) is 47.9. The molecule has 4 aliphatic rings. The third kappa shape index (κ3) is 2.40. The van der Waals surface area contributed by atoms with E-state index in [1.807, 2.05) is 13.0 Å². The summed E-state index contributed by atoms with van der Waals surface area (Å²) < 4.78 is 6.08. The summed E-state index contributed by atoms with van der Waals surface area (Å²) in [5, 5.41) is 21.7. The molecule has 4 heteroatoms. The van der Waals surface area contributed by atoms with Crippen molar-refractivity contribution in [3.63, 3.8) is 0 Å². The average Bonchev–Trinajstić information content (AvgIpc) is 3.18. The van der Waals surface area contributed by atoms with Crippen molar-refractivity contribution in [1.29, 1.82) is 0 Å². The number of aliphatic hydroxyl groups excluding tert-OH is 2. The standard InChI is InChI=1S/C24H32O4/c1-13-4-6-19(28-13)16-11-14-10-15(25)8-9-23(14,2)22-18(26)12-24(3)17(21(16)22)5-7-20(24)27/h4,6,11,15-18,21-22,25-26H,5,7-10,12H2,1-3H3/t15-,16-,17?,18+,21-,22-,23-,24-/m0/s1. The van der Waals surface area contributed by atoms with E-state index < -0.39 is 11.5 Å². The number of rotatable bonds is 1. The van der Waals surface area contributed by atoms with E-state index in [0.29, 0.717) is 25.0 Å². The Bertz CT molecular complexity index is 837. The van der Waals surface area contributed by atoms with E-state index in [4.69, 9.17) is 4.42 Å². The summed E-state index contributed by atoms with van der Waals surface area (Å²) in [5.41, 5.74) is 0.753. The number of hydrogen-bond donors (Lipinski definition) is 2. The van der Waals surface area contributed by atoms with Crippen LogP contribution in [0.15, 0.2) is 28.2 Å². The van der Waals surface area contributed by atoms with Crippen molar-refractivity contribution in [1.82, 2.24) is 0 Å². The number of aliphatic hydroxyl groups is 2. The third-order valence-corrected chi connectivity index (χ3v) is 8.87. The minimum atomic E-state index is -0.490. The Balaban J connectivity index is 1.68. The predicted molar refractivity (Wildman–Crippen MR) is 106 cm³/mol. The van der Waals surface area contributed by atoms with Gasteiger partial charge in [-0.15, -0.1) is 0 Å². The zero-order valence-electron chi connectivity index (χ0n) is 17.1. The van der Waals surface area contributed by atoms with E-state index in [-0.39, 0.29) is 35.2 Å². The topological polar surface area (TPSA) is 70.7 Å². The van der Waals surface area contributed by atoms with Gasteiger partial charge < -0.3 is 14.6 Å². The average molecular weight is 385 g/mol. The Kier molecular flexibility index (Phi) is 4.03. The monoisotopic (exact) mass is 384 g/mol. The highest BCUT2D eigenvalue weighted by Crippen LogP contribution is 2.66. The molecule has 1 aromatic heterocycles. The summed E-state index contributed by atoms with van der Waals surface area (Å²) in [7, 11) is 0. The number of carbonyl (C=O) groups excluding carboxylic acids is 1. The van der Waals surface area contributed by atoms with Gasteiger partial charge in [-0.25, -0.2) is 0 Å². The highest BCUT2D eigenvalue weighted by molar-refractivity contribution is 5.87. The van der Waals surface area contributed by atoms with Crippen molar-refractivity contribution in [2.75, 3.05) is 0 Å². The lowest BCUT2D eigenvalue weighted by Crippen LogP contribution is -2.58. The first kappa shape index (κ1) is 18.6. The molecule has 0 radical (unpaired) electrons. The summed E-state index contributed by atoms with van der Waals surface area (Å²) >= 11 is 0. The zero-order chi connectivity index (χ0) is 19.8. The van der Waals surface area contributed by atoms with Crippen LogP contribution in [0, 0.1) is 35.5 Å². The van der Waals surface area contributed by atoms with Crippen LogP contribution in [-0.4, -0.2) is 28.2 Å². The molecule has 4 nitrogen and oxygen atoms in total. The molecule has 1 unspecified atom stereocenters. The van der Waals surface area contributed by atoms with Crippen molar-refractivity contribution in [2.24, 2.45) is 28.6 Å². The van der Waals surface area contributed by atoms with E-state index in [1.54, 1.807) is 0 Å². The molecule has 4 aliphatic carbocycles. The second kappa shape index (κ2) is 6.06. The maximum atomic E-state index is 12.8. The van der Waals surface area contributed by atoms with Crippen LogP contribution in [0.5, 0.6) is 0 Å². The molecule has 0 bridgehead atoms. The van der Waals surface area contributed by atoms with Crippen LogP contribution in [0.2, 0.25) is 0 Å². The Labute approximate surface area is 167 Å². The first-order valence-corrected chi connectivity index (χ1v) is 10.9. The molecule has 0 aromatic carbocycles. The van der Waals surface area contributed by atoms with Crippen LogP contribution in [0.4, 0.5) is 0 Å². The van der Waals surface area contributed by atoms with Crippen LogP contribution < -0.4 is 0 Å². The fraction of sp³-hybridized carbons (Fsp3) is 0.708. The lowest BCUT2D eigenvalue weighted by molar-refractivity contribution is -0.147. The number of allylic oxidation sites excluding steroid dienone is 1. The molecular weight excluding hydrogens is 352 g/mol. The molecule has 5 rings (SSSR count). The van der Waals surface area contributed by atoms with Gasteiger partial charge in [-0.3, -0.25) is 4.79 Å². The highest BCUT2D eigenvalue weighted by Gasteiger charge is 2.64. The van der Waals surface area contributed by atoms with Gasteiger partial charge in [0.05, 0.1) is 12.2 Å². The number of hydrogen-bond acceptors (Lipinski definition) is 4. The Morgan fingerprint density at radius 1 is 1.14 bits per heavy atom. The molecule has 3 fully saturated rings. The van der Waals surface area contributed by atoms with Crippen LogP contribution in [0.3, 0.4) is 0 Å². The number of ketones is 1. The molecule has 0 saturated heterocycles. The van der Waals surface area contributed by atoms with Crippen molar-refractivity contribution in [3.8, 4) is 0 Å². The largest absolute Gasteiger partial charge is 0.466 e. The van der Waals surface area contributed by atoms with Crippen LogP contribution in [-0.2, 0) is 4.79 Å². The van der Waals surface area contributed by atoms with E-state index in [1.165, 1.54) is 5.57 Å². The summed E-state index contributed by atoms with van der Waals surface area (Å²) in [6.07, 6.45) is 6.05. The van der Waals surface area contributed by atoms with Gasteiger partial charge in [0.1, 0.15) is 17.3 Å². The fourth-order valence-corrected chi connectivity index (χ4v) is 7.46. The van der Waals surface area contributed by atoms with Gasteiger partial charge in [0.15, 0.2) is 0 Å². The lowest BCUT2D eigenvalue weighted by atomic mass is 9.45. The minimum Gasteiger partial charge on any atom is -0.466 e. The molecule has 0 amide bonds. The summed E-state index contributed by atoms with van der Waals surface area (Å²) in [6, 6.07) is 4.07. The summed E-state index contributed by atoms with van der Waals surface area (Å²) in [4.78, 5) is 12.8. The van der Waals surface area contributed by atoms with Gasteiger partial charge >= 0.3 is 0 Å². The summed E-state index contributed by atoms with van der Waals surface area (Å²) in [6.45, 7) is 6.34. The first-order valence-electron chi connectivity index (χ1n) is 10.9. The zero-order valence-corrected chi connectivity index (χ0v) is 17.1. The van der Waals surface area contributed by atoms with Crippen molar-refractivity contribution in [2.45, 2.75) is 77.4 Å². The van der Waals surface area contributed by atoms with Crippen molar-refractivity contribution < 1.29 is 19.4 Å². The molecule has 3 saturated carbocycles. The molecule has 28 heavy (non-hydrogen) atoms. The van der Waals surface area contributed by atoms with Gasteiger partial charge in [0, 0.05) is 17.8 Å². The van der Waals surface area contributed by atoms with Crippen molar-refractivity contribution >= 4 is 5.78 Å². The van der Waals surface area contributed by atoms with Crippen molar-refractivity contribution in [3.05, 3.63) is 35.3 Å². The second-order valence-electron chi connectivity index (χ2n) is 10.3. The van der Waals surface area contributed by atoms with E-state index >= 15 is 0 Å².